The van der Waals surface area contributed by atoms with Crippen LogP contribution in [0.25, 0.3) is 0 Å². The smallest absolute Gasteiger partial charge is 0.193 e. The van der Waals surface area contributed by atoms with E-state index in [4.69, 9.17) is 9.72 Å². The first-order valence-corrected chi connectivity index (χ1v) is 11.2. The molecule has 0 unspecified atom stereocenters. The van der Waals surface area contributed by atoms with Gasteiger partial charge < -0.3 is 15.0 Å². The van der Waals surface area contributed by atoms with Crippen LogP contribution in [0.15, 0.2) is 4.99 Å². The summed E-state index contributed by atoms with van der Waals surface area (Å²) in [6.07, 6.45) is 9.37. The molecule has 1 N–H and O–H groups in total. The summed E-state index contributed by atoms with van der Waals surface area (Å²) in [5.41, 5.74) is 1.34. The summed E-state index contributed by atoms with van der Waals surface area (Å²) < 4.78 is 5.80. The predicted octanol–water partition coefficient (Wildman–Crippen LogP) is 2.94. The number of guanidine groups is 1. The van der Waals surface area contributed by atoms with E-state index in [0.29, 0.717) is 0 Å². The number of rotatable bonds is 5. The molecule has 0 spiro atoms. The monoisotopic (exact) mass is 382 g/mol. The van der Waals surface area contributed by atoms with E-state index in [2.05, 4.69) is 28.5 Å². The Morgan fingerprint density at radius 1 is 1.36 bits per heavy atom. The number of nitrogens with zero attached hydrogens (tertiary/aromatic N) is 3. The molecule has 1 aromatic heterocycles. The van der Waals surface area contributed by atoms with Gasteiger partial charge in [0.15, 0.2) is 5.96 Å². The molecule has 0 radical (unpaired) electrons. The van der Waals surface area contributed by atoms with Gasteiger partial charge in [0.25, 0.3) is 0 Å². The third-order valence-electron chi connectivity index (χ3n) is 5.24. The molecule has 140 valence electrons. The van der Waals surface area contributed by atoms with Crippen LogP contribution in [0.1, 0.15) is 41.3 Å². The molecule has 2 heterocycles. The second-order valence-corrected chi connectivity index (χ2v) is 9.38. The molecule has 1 aromatic rings. The fourth-order valence-electron chi connectivity index (χ4n) is 3.57. The van der Waals surface area contributed by atoms with Crippen LogP contribution in [0.2, 0.25) is 0 Å². The molecule has 1 aliphatic heterocycles. The van der Waals surface area contributed by atoms with Crippen molar-refractivity contribution in [3.8, 4) is 0 Å². The molecule has 0 aromatic carbocycles. The molecule has 0 bridgehead atoms. The number of aryl methyl sites for hydroxylation is 2. The molecule has 5 nitrogen and oxygen atoms in total. The molecule has 7 heteroatoms. The van der Waals surface area contributed by atoms with E-state index in [1.165, 1.54) is 34.8 Å². The van der Waals surface area contributed by atoms with Crippen LogP contribution in [-0.2, 0) is 24.1 Å². The van der Waals surface area contributed by atoms with Crippen molar-refractivity contribution in [2.24, 2.45) is 4.99 Å². The number of nitrogens with one attached hydrogen (secondary N) is 1. The van der Waals surface area contributed by atoms with Gasteiger partial charge in [0.2, 0.25) is 0 Å². The quantitative estimate of drug-likeness (QED) is 0.627. The molecule has 0 saturated carbocycles. The number of ether oxygens (including phenoxy) is 1. The minimum atomic E-state index is 0.259. The fraction of sp³-hybridized carbons (Fsp3) is 0.778. The van der Waals surface area contributed by atoms with Gasteiger partial charge >= 0.3 is 0 Å². The number of aromatic nitrogens is 1. The van der Waals surface area contributed by atoms with E-state index in [1.54, 1.807) is 0 Å². The van der Waals surface area contributed by atoms with Crippen molar-refractivity contribution in [2.75, 3.05) is 40.1 Å². The molecule has 1 fully saturated rings. The highest BCUT2D eigenvalue weighted by Crippen LogP contribution is 2.33. The zero-order valence-corrected chi connectivity index (χ0v) is 17.3. The lowest BCUT2D eigenvalue weighted by Crippen LogP contribution is -2.48. The van der Waals surface area contributed by atoms with Crippen LogP contribution < -0.4 is 5.32 Å². The molecule has 0 atom stereocenters. The standard InChI is InChI=1S/C18H30N4OS2/c1-19-17(20-13-18(24-3)8-10-23-11-9-18)22(2)12-16-21-14-6-4-5-7-15(14)25-16/h4-13H2,1-3H3,(H,19,20). The van der Waals surface area contributed by atoms with Gasteiger partial charge in [0.05, 0.1) is 12.2 Å². The summed E-state index contributed by atoms with van der Waals surface area (Å²) in [5.74, 6) is 0.952. The molecule has 2 aliphatic rings. The molecule has 1 saturated heterocycles. The normalized spacial score (nSPS) is 20.2. The van der Waals surface area contributed by atoms with Gasteiger partial charge in [0, 0.05) is 43.5 Å². The maximum absolute atomic E-state index is 5.54. The summed E-state index contributed by atoms with van der Waals surface area (Å²) in [4.78, 5) is 13.0. The fourth-order valence-corrected chi connectivity index (χ4v) is 5.57. The Balaban J connectivity index is 1.57. The summed E-state index contributed by atoms with van der Waals surface area (Å²) in [6.45, 7) is 3.49. The number of hydrogen-bond donors (Lipinski definition) is 1. The lowest BCUT2D eigenvalue weighted by Gasteiger charge is -2.36. The second-order valence-electron chi connectivity index (χ2n) is 6.94. The van der Waals surface area contributed by atoms with Crippen molar-refractivity contribution in [1.82, 2.24) is 15.2 Å². The van der Waals surface area contributed by atoms with Crippen molar-refractivity contribution in [2.45, 2.75) is 49.8 Å². The topological polar surface area (TPSA) is 49.8 Å². The van der Waals surface area contributed by atoms with Crippen molar-refractivity contribution >= 4 is 29.1 Å². The van der Waals surface area contributed by atoms with Gasteiger partial charge in [-0.05, 0) is 44.8 Å². The first-order valence-electron chi connectivity index (χ1n) is 9.18. The summed E-state index contributed by atoms with van der Waals surface area (Å²) in [7, 11) is 3.97. The molecule has 0 amide bonds. The van der Waals surface area contributed by atoms with E-state index in [0.717, 1.165) is 51.5 Å². The van der Waals surface area contributed by atoms with E-state index >= 15 is 0 Å². The van der Waals surface area contributed by atoms with Crippen molar-refractivity contribution in [1.29, 1.82) is 0 Å². The maximum Gasteiger partial charge on any atom is 0.193 e. The van der Waals surface area contributed by atoms with Crippen LogP contribution in [0.3, 0.4) is 0 Å². The van der Waals surface area contributed by atoms with E-state index in [9.17, 15) is 0 Å². The van der Waals surface area contributed by atoms with Crippen LogP contribution in [0.4, 0.5) is 0 Å². The van der Waals surface area contributed by atoms with E-state index in [1.807, 2.05) is 30.1 Å². The molecule has 25 heavy (non-hydrogen) atoms. The summed E-state index contributed by atoms with van der Waals surface area (Å²) >= 11 is 3.84. The van der Waals surface area contributed by atoms with Gasteiger partial charge in [-0.3, -0.25) is 4.99 Å². The second kappa shape index (κ2) is 8.73. The highest BCUT2D eigenvalue weighted by Gasteiger charge is 2.32. The van der Waals surface area contributed by atoms with Crippen molar-refractivity contribution in [3.63, 3.8) is 0 Å². The van der Waals surface area contributed by atoms with Gasteiger partial charge in [-0.1, -0.05) is 0 Å². The summed E-state index contributed by atoms with van der Waals surface area (Å²) in [6, 6.07) is 0. The molecular weight excluding hydrogens is 352 g/mol. The highest BCUT2D eigenvalue weighted by atomic mass is 32.2. The minimum Gasteiger partial charge on any atom is -0.381 e. The average Bonchev–Trinajstić information content (AvgIpc) is 3.05. The third-order valence-corrected chi connectivity index (χ3v) is 7.80. The van der Waals surface area contributed by atoms with Crippen molar-refractivity contribution in [3.05, 3.63) is 15.6 Å². The zero-order chi connectivity index (χ0) is 17.7. The van der Waals surface area contributed by atoms with Crippen molar-refractivity contribution < 1.29 is 4.74 Å². The van der Waals surface area contributed by atoms with Crippen LogP contribution in [-0.4, -0.2) is 60.7 Å². The molecule has 1 aliphatic carbocycles. The number of aliphatic imine (C=N–C) groups is 1. The Kier molecular flexibility index (Phi) is 6.63. The van der Waals surface area contributed by atoms with Crippen LogP contribution in [0, 0.1) is 0 Å². The molecular formula is C18H30N4OS2. The van der Waals surface area contributed by atoms with Gasteiger partial charge in [-0.2, -0.15) is 11.8 Å². The third kappa shape index (κ3) is 4.68. The Labute approximate surface area is 159 Å². The largest absolute Gasteiger partial charge is 0.381 e. The van der Waals surface area contributed by atoms with Gasteiger partial charge in [-0.25, -0.2) is 4.98 Å². The number of hydrogen-bond acceptors (Lipinski definition) is 5. The number of fused-ring (bicyclic) bond motifs is 1. The lowest BCUT2D eigenvalue weighted by atomic mass is 9.99. The summed E-state index contributed by atoms with van der Waals surface area (Å²) in [5, 5.41) is 4.80. The van der Waals surface area contributed by atoms with Crippen LogP contribution in [0.5, 0.6) is 0 Å². The van der Waals surface area contributed by atoms with Gasteiger partial charge in [0.1, 0.15) is 5.01 Å². The zero-order valence-electron chi connectivity index (χ0n) is 15.6. The average molecular weight is 383 g/mol. The number of thioether (sulfide) groups is 1. The SMILES string of the molecule is CN=C(NCC1(SC)CCOCC1)N(C)Cc1nc2c(s1)CCCC2. The highest BCUT2D eigenvalue weighted by molar-refractivity contribution is 8.00. The number of thiazole rings is 1. The van der Waals surface area contributed by atoms with Crippen LogP contribution >= 0.6 is 23.1 Å². The van der Waals surface area contributed by atoms with E-state index < -0.39 is 0 Å². The van der Waals surface area contributed by atoms with E-state index in [-0.39, 0.29) is 4.75 Å². The first kappa shape index (κ1) is 19.0. The predicted molar refractivity (Wildman–Crippen MR) is 108 cm³/mol. The first-order chi connectivity index (χ1) is 12.2. The Bertz CT molecular complexity index is 572. The Morgan fingerprint density at radius 2 is 2.12 bits per heavy atom. The minimum absolute atomic E-state index is 0.259. The Morgan fingerprint density at radius 3 is 2.80 bits per heavy atom. The maximum atomic E-state index is 5.54. The Hall–Kier alpha value is -0.790. The molecule has 3 rings (SSSR count). The lowest BCUT2D eigenvalue weighted by molar-refractivity contribution is 0.0781. The van der Waals surface area contributed by atoms with Gasteiger partial charge in [-0.15, -0.1) is 11.3 Å².